The van der Waals surface area contributed by atoms with Gasteiger partial charge in [0.05, 0.1) is 16.1 Å². The van der Waals surface area contributed by atoms with E-state index in [1.54, 1.807) is 30.5 Å². The number of hydrogen-bond acceptors (Lipinski definition) is 3. The third-order valence-corrected chi connectivity index (χ3v) is 3.83. The second-order valence-electron chi connectivity index (χ2n) is 5.39. The van der Waals surface area contributed by atoms with Gasteiger partial charge in [-0.15, -0.1) is 0 Å². The molecule has 1 aromatic heterocycles. The van der Waals surface area contributed by atoms with Gasteiger partial charge in [-0.2, -0.15) is 13.2 Å². The highest BCUT2D eigenvalue weighted by Crippen LogP contribution is 2.36. The molecule has 8 heteroatoms. The predicted octanol–water partition coefficient (Wildman–Crippen LogP) is 4.92. The first-order valence-electron chi connectivity index (χ1n) is 7.47. The molecular formula is C18H12ClF3N2O2. The number of anilines is 1. The normalized spacial score (nSPS) is 11.4. The zero-order valence-electron chi connectivity index (χ0n) is 13.2. The second-order valence-corrected chi connectivity index (χ2v) is 5.79. The van der Waals surface area contributed by atoms with Crippen LogP contribution >= 0.6 is 11.6 Å². The largest absolute Gasteiger partial charge is 0.484 e. The molecule has 2 aromatic carbocycles. The van der Waals surface area contributed by atoms with Crippen LogP contribution in [0.1, 0.15) is 5.56 Å². The molecule has 0 fully saturated rings. The Morgan fingerprint density at radius 1 is 1.15 bits per heavy atom. The number of halogens is 4. The van der Waals surface area contributed by atoms with E-state index in [4.69, 9.17) is 16.3 Å². The standard InChI is InChI=1S/C18H12ClF3N2O2/c19-15-5-3-12(9-14(15)18(20,21)22)24-17(25)10-26-13-4-6-16-11(8-13)2-1-7-23-16/h1-9H,10H2,(H,24,25). The summed E-state index contributed by atoms with van der Waals surface area (Å²) >= 11 is 5.54. The van der Waals surface area contributed by atoms with Gasteiger partial charge in [0.2, 0.25) is 0 Å². The van der Waals surface area contributed by atoms with Crippen LogP contribution in [0.15, 0.2) is 54.7 Å². The first-order valence-corrected chi connectivity index (χ1v) is 7.85. The monoisotopic (exact) mass is 380 g/mol. The quantitative estimate of drug-likeness (QED) is 0.698. The fourth-order valence-electron chi connectivity index (χ4n) is 2.31. The number of nitrogens with zero attached hydrogens (tertiary/aromatic N) is 1. The highest BCUT2D eigenvalue weighted by atomic mass is 35.5. The Kier molecular flexibility index (Phi) is 4.99. The molecule has 0 aliphatic rings. The lowest BCUT2D eigenvalue weighted by Crippen LogP contribution is -2.20. The van der Waals surface area contributed by atoms with E-state index < -0.39 is 22.7 Å². The minimum atomic E-state index is -4.60. The van der Waals surface area contributed by atoms with Gasteiger partial charge in [0.1, 0.15) is 5.75 Å². The maximum atomic E-state index is 12.8. The third kappa shape index (κ3) is 4.23. The van der Waals surface area contributed by atoms with Crippen molar-refractivity contribution in [3.8, 4) is 5.75 Å². The van der Waals surface area contributed by atoms with Gasteiger partial charge in [0, 0.05) is 17.3 Å². The molecule has 0 unspecified atom stereocenters. The molecule has 0 aliphatic carbocycles. The summed E-state index contributed by atoms with van der Waals surface area (Å²) in [4.78, 5) is 16.1. The molecule has 26 heavy (non-hydrogen) atoms. The van der Waals surface area contributed by atoms with Gasteiger partial charge in [-0.05, 0) is 42.5 Å². The summed E-state index contributed by atoms with van der Waals surface area (Å²) in [5.41, 5.74) is -0.247. The molecular weight excluding hydrogens is 369 g/mol. The summed E-state index contributed by atoms with van der Waals surface area (Å²) in [6.07, 6.45) is -2.94. The molecule has 0 radical (unpaired) electrons. The molecule has 1 amide bonds. The highest BCUT2D eigenvalue weighted by Gasteiger charge is 2.33. The lowest BCUT2D eigenvalue weighted by Gasteiger charge is -2.12. The minimum absolute atomic E-state index is 0.0157. The van der Waals surface area contributed by atoms with Gasteiger partial charge < -0.3 is 10.1 Å². The molecule has 0 saturated heterocycles. The summed E-state index contributed by atoms with van der Waals surface area (Å²) in [6, 6.07) is 11.9. The van der Waals surface area contributed by atoms with Crippen LogP contribution < -0.4 is 10.1 Å². The lowest BCUT2D eigenvalue weighted by atomic mass is 10.2. The number of nitrogens with one attached hydrogen (secondary N) is 1. The van der Waals surface area contributed by atoms with Gasteiger partial charge >= 0.3 is 6.18 Å². The van der Waals surface area contributed by atoms with Crippen molar-refractivity contribution in [1.82, 2.24) is 4.98 Å². The number of carbonyl (C=O) groups excluding carboxylic acids is 1. The van der Waals surface area contributed by atoms with Gasteiger partial charge in [-0.25, -0.2) is 0 Å². The van der Waals surface area contributed by atoms with Crippen molar-refractivity contribution in [2.75, 3.05) is 11.9 Å². The SMILES string of the molecule is O=C(COc1ccc2ncccc2c1)Nc1ccc(Cl)c(C(F)(F)F)c1. The van der Waals surface area contributed by atoms with Crippen molar-refractivity contribution in [2.45, 2.75) is 6.18 Å². The molecule has 0 bridgehead atoms. The average Bonchev–Trinajstić information content (AvgIpc) is 2.60. The molecule has 4 nitrogen and oxygen atoms in total. The van der Waals surface area contributed by atoms with Crippen LogP contribution in [0.5, 0.6) is 5.75 Å². The third-order valence-electron chi connectivity index (χ3n) is 3.50. The number of hydrogen-bond donors (Lipinski definition) is 1. The zero-order chi connectivity index (χ0) is 18.7. The molecule has 0 spiro atoms. The topological polar surface area (TPSA) is 51.2 Å². The Balaban J connectivity index is 1.65. The van der Waals surface area contributed by atoms with Crippen LogP contribution in [0.4, 0.5) is 18.9 Å². The number of rotatable bonds is 4. The molecule has 134 valence electrons. The van der Waals surface area contributed by atoms with E-state index in [0.29, 0.717) is 5.75 Å². The first-order chi connectivity index (χ1) is 12.3. The second kappa shape index (κ2) is 7.21. The Bertz CT molecular complexity index is 961. The van der Waals surface area contributed by atoms with Crippen LogP contribution in [-0.2, 0) is 11.0 Å². The summed E-state index contributed by atoms with van der Waals surface area (Å²) in [5, 5.41) is 2.77. The van der Waals surface area contributed by atoms with Crippen LogP contribution in [0.2, 0.25) is 5.02 Å². The number of aromatic nitrogens is 1. The van der Waals surface area contributed by atoms with Crippen molar-refractivity contribution in [2.24, 2.45) is 0 Å². The van der Waals surface area contributed by atoms with Crippen LogP contribution in [0.25, 0.3) is 10.9 Å². The van der Waals surface area contributed by atoms with Crippen LogP contribution in [-0.4, -0.2) is 17.5 Å². The smallest absolute Gasteiger partial charge is 0.417 e. The predicted molar refractivity (Wildman–Crippen MR) is 92.3 cm³/mol. The number of benzene rings is 2. The Hall–Kier alpha value is -2.80. The van der Waals surface area contributed by atoms with Crippen molar-refractivity contribution in [3.63, 3.8) is 0 Å². The highest BCUT2D eigenvalue weighted by molar-refractivity contribution is 6.31. The molecule has 1 N–H and O–H groups in total. The number of alkyl halides is 3. The Morgan fingerprint density at radius 3 is 2.73 bits per heavy atom. The minimum Gasteiger partial charge on any atom is -0.484 e. The number of amides is 1. The van der Waals surface area contributed by atoms with Crippen LogP contribution in [0, 0.1) is 0 Å². The van der Waals surface area contributed by atoms with Gasteiger partial charge in [0.25, 0.3) is 5.91 Å². The van der Waals surface area contributed by atoms with E-state index >= 15 is 0 Å². The van der Waals surface area contributed by atoms with E-state index in [9.17, 15) is 18.0 Å². The number of ether oxygens (including phenoxy) is 1. The first kappa shape index (κ1) is 18.0. The van der Waals surface area contributed by atoms with Crippen molar-refractivity contribution >= 4 is 34.1 Å². The fraction of sp³-hybridized carbons (Fsp3) is 0.111. The van der Waals surface area contributed by atoms with Gasteiger partial charge in [-0.1, -0.05) is 17.7 Å². The molecule has 3 rings (SSSR count). The number of pyridine rings is 1. The number of carbonyl (C=O) groups is 1. The lowest BCUT2D eigenvalue weighted by molar-refractivity contribution is -0.137. The summed E-state index contributed by atoms with van der Waals surface area (Å²) in [6.45, 7) is -0.351. The van der Waals surface area contributed by atoms with E-state index in [1.807, 2.05) is 6.07 Å². The Morgan fingerprint density at radius 2 is 1.96 bits per heavy atom. The zero-order valence-corrected chi connectivity index (χ0v) is 13.9. The van der Waals surface area contributed by atoms with Crippen molar-refractivity contribution in [1.29, 1.82) is 0 Å². The van der Waals surface area contributed by atoms with E-state index in [-0.39, 0.29) is 12.3 Å². The molecule has 0 saturated carbocycles. The van der Waals surface area contributed by atoms with Crippen molar-refractivity contribution in [3.05, 3.63) is 65.3 Å². The summed E-state index contributed by atoms with van der Waals surface area (Å²) in [7, 11) is 0. The molecule has 0 aliphatic heterocycles. The van der Waals surface area contributed by atoms with E-state index in [1.165, 1.54) is 6.07 Å². The molecule has 0 atom stereocenters. The summed E-state index contributed by atoms with van der Waals surface area (Å²) < 4.78 is 43.9. The van der Waals surface area contributed by atoms with E-state index in [0.717, 1.165) is 23.0 Å². The van der Waals surface area contributed by atoms with Gasteiger partial charge in [-0.3, -0.25) is 9.78 Å². The maximum absolute atomic E-state index is 12.8. The van der Waals surface area contributed by atoms with Gasteiger partial charge in [0.15, 0.2) is 6.61 Å². The maximum Gasteiger partial charge on any atom is 0.417 e. The molecule has 3 aromatic rings. The average molecular weight is 381 g/mol. The Labute approximate surface area is 151 Å². The number of fused-ring (bicyclic) bond motifs is 1. The van der Waals surface area contributed by atoms with Crippen LogP contribution in [0.3, 0.4) is 0 Å². The van der Waals surface area contributed by atoms with E-state index in [2.05, 4.69) is 10.3 Å². The van der Waals surface area contributed by atoms with Crippen molar-refractivity contribution < 1.29 is 22.7 Å². The fourth-order valence-corrected chi connectivity index (χ4v) is 2.53. The summed E-state index contributed by atoms with van der Waals surface area (Å²) in [5.74, 6) is -0.139. The molecule has 1 heterocycles.